The first-order chi connectivity index (χ1) is 10.1. The Kier molecular flexibility index (Phi) is 3.34. The normalized spacial score (nSPS) is 14.2. The molecule has 0 unspecified atom stereocenters. The molecule has 0 spiro atoms. The molecular weight excluding hydrogens is 341 g/mol. The van der Waals surface area contributed by atoms with Gasteiger partial charge in [-0.05, 0) is 28.1 Å². The van der Waals surface area contributed by atoms with Crippen molar-refractivity contribution in [2.45, 2.75) is 0 Å². The van der Waals surface area contributed by atoms with E-state index in [1.54, 1.807) is 6.07 Å². The lowest BCUT2D eigenvalue weighted by molar-refractivity contribution is 0.0979. The number of anilines is 1. The number of carbonyl (C=O) groups excluding carboxylic acids is 2. The predicted octanol–water partition coefficient (Wildman–Crippen LogP) is 2.71. The van der Waals surface area contributed by atoms with E-state index in [4.69, 9.17) is 0 Å². The molecule has 1 aromatic heterocycles. The maximum atomic E-state index is 13.7. The quantitative estimate of drug-likeness (QED) is 0.904. The Morgan fingerprint density at radius 2 is 1.90 bits per heavy atom. The molecule has 0 fully saturated rings. The van der Waals surface area contributed by atoms with E-state index in [0.29, 0.717) is 0 Å². The highest BCUT2D eigenvalue weighted by atomic mass is 79.9. The summed E-state index contributed by atoms with van der Waals surface area (Å²) >= 11 is 3.08. The summed E-state index contributed by atoms with van der Waals surface area (Å²) < 4.78 is 13.7. The van der Waals surface area contributed by atoms with Gasteiger partial charge >= 0.3 is 0 Å². The Morgan fingerprint density at radius 3 is 2.67 bits per heavy atom. The molecule has 2 aromatic rings. The van der Waals surface area contributed by atoms with Gasteiger partial charge in [0, 0.05) is 6.20 Å². The van der Waals surface area contributed by atoms with Gasteiger partial charge in [-0.2, -0.15) is 0 Å². The van der Waals surface area contributed by atoms with Crippen molar-refractivity contribution < 1.29 is 14.0 Å². The average Bonchev–Trinajstić information content (AvgIpc) is 2.51. The lowest BCUT2D eigenvalue weighted by Crippen LogP contribution is -2.25. The van der Waals surface area contributed by atoms with Crippen LogP contribution in [-0.2, 0) is 0 Å². The highest BCUT2D eigenvalue weighted by Crippen LogP contribution is 2.29. The number of ketones is 2. The van der Waals surface area contributed by atoms with E-state index in [1.807, 2.05) is 0 Å². The fourth-order valence-corrected chi connectivity index (χ4v) is 2.40. The van der Waals surface area contributed by atoms with Crippen LogP contribution in [0.2, 0.25) is 0 Å². The first-order valence-electron chi connectivity index (χ1n) is 5.90. The molecule has 21 heavy (non-hydrogen) atoms. The van der Waals surface area contributed by atoms with Gasteiger partial charge in [-0.1, -0.05) is 12.1 Å². The smallest absolute Gasteiger partial charge is 0.221 e. The van der Waals surface area contributed by atoms with Gasteiger partial charge in [-0.15, -0.1) is 0 Å². The number of hydrogen-bond donors (Lipinski definition) is 1. The lowest BCUT2D eigenvalue weighted by atomic mass is 9.98. The van der Waals surface area contributed by atoms with E-state index in [1.165, 1.54) is 30.7 Å². The van der Waals surface area contributed by atoms with Gasteiger partial charge in [0.05, 0.1) is 15.7 Å². The molecule has 0 atom stereocenters. The number of nitrogens with zero attached hydrogens (tertiary/aromatic N) is 2. The second-order valence-corrected chi connectivity index (χ2v) is 5.03. The number of nitrogens with one attached hydrogen (secondary N) is 1. The zero-order valence-corrected chi connectivity index (χ0v) is 12.0. The van der Waals surface area contributed by atoms with Gasteiger partial charge in [0.15, 0.2) is 0 Å². The largest absolute Gasteiger partial charge is 0.349 e. The van der Waals surface area contributed by atoms with Crippen LogP contribution >= 0.6 is 15.9 Å². The van der Waals surface area contributed by atoms with E-state index >= 15 is 0 Å². The minimum Gasteiger partial charge on any atom is -0.349 e. The minimum absolute atomic E-state index is 0.0157. The van der Waals surface area contributed by atoms with Crippen LogP contribution in [0.5, 0.6) is 0 Å². The Morgan fingerprint density at radius 1 is 1.14 bits per heavy atom. The van der Waals surface area contributed by atoms with Crippen molar-refractivity contribution in [2.24, 2.45) is 0 Å². The predicted molar refractivity (Wildman–Crippen MR) is 76.7 cm³/mol. The van der Waals surface area contributed by atoms with Gasteiger partial charge in [0.2, 0.25) is 11.6 Å². The maximum absolute atomic E-state index is 13.7. The third-order valence-electron chi connectivity index (χ3n) is 2.95. The first-order valence-corrected chi connectivity index (χ1v) is 6.69. The maximum Gasteiger partial charge on any atom is 0.221 e. The third-order valence-corrected chi connectivity index (χ3v) is 3.71. The lowest BCUT2D eigenvalue weighted by Gasteiger charge is -2.18. The summed E-state index contributed by atoms with van der Waals surface area (Å²) in [4.78, 5) is 32.1. The van der Waals surface area contributed by atoms with Crippen LogP contribution in [0.3, 0.4) is 0 Å². The number of hydrogen-bond acceptors (Lipinski definition) is 5. The van der Waals surface area contributed by atoms with Crippen LogP contribution in [-0.4, -0.2) is 21.5 Å². The van der Waals surface area contributed by atoms with Crippen LogP contribution in [0.15, 0.2) is 47.0 Å². The van der Waals surface area contributed by atoms with Crippen LogP contribution in [0, 0.1) is 5.82 Å². The molecule has 1 aliphatic carbocycles. The summed E-state index contributed by atoms with van der Waals surface area (Å²) in [7, 11) is 0. The number of Topliss-reactive ketones (excluding diaryl/α,β-unsaturated/α-hetero) is 2. The van der Waals surface area contributed by atoms with Crippen molar-refractivity contribution in [2.75, 3.05) is 5.32 Å². The zero-order valence-electron chi connectivity index (χ0n) is 10.4. The van der Waals surface area contributed by atoms with Crippen LogP contribution < -0.4 is 5.32 Å². The minimum atomic E-state index is -0.527. The van der Waals surface area contributed by atoms with Crippen molar-refractivity contribution in [3.05, 3.63) is 64.0 Å². The number of halogens is 2. The zero-order chi connectivity index (χ0) is 15.0. The second-order valence-electron chi connectivity index (χ2n) is 4.24. The molecule has 0 saturated heterocycles. The molecule has 7 heteroatoms. The van der Waals surface area contributed by atoms with Crippen molar-refractivity contribution in [3.63, 3.8) is 0 Å². The van der Waals surface area contributed by atoms with Crippen molar-refractivity contribution in [1.29, 1.82) is 0 Å². The summed E-state index contributed by atoms with van der Waals surface area (Å²) in [6.07, 6.45) is 2.46. The molecule has 0 bridgehead atoms. The molecule has 0 amide bonds. The van der Waals surface area contributed by atoms with Gasteiger partial charge in [-0.3, -0.25) is 9.59 Å². The SMILES string of the molecule is O=C1C(Nc2ccccc2F)=C(Br)C(=O)c2ncncc21. The van der Waals surface area contributed by atoms with E-state index in [9.17, 15) is 14.0 Å². The number of benzene rings is 1. The van der Waals surface area contributed by atoms with Gasteiger partial charge < -0.3 is 5.32 Å². The van der Waals surface area contributed by atoms with Crippen molar-refractivity contribution in [1.82, 2.24) is 9.97 Å². The highest BCUT2D eigenvalue weighted by molar-refractivity contribution is 9.12. The van der Waals surface area contributed by atoms with Crippen molar-refractivity contribution in [3.8, 4) is 0 Å². The number of fused-ring (bicyclic) bond motifs is 1. The summed E-state index contributed by atoms with van der Waals surface area (Å²) in [6.45, 7) is 0. The number of para-hydroxylation sites is 1. The van der Waals surface area contributed by atoms with Crippen LogP contribution in [0.25, 0.3) is 0 Å². The van der Waals surface area contributed by atoms with Gasteiger partial charge in [-0.25, -0.2) is 14.4 Å². The molecule has 1 aliphatic rings. The molecule has 1 heterocycles. The number of allylic oxidation sites excluding steroid dienone is 2. The molecule has 1 aromatic carbocycles. The molecule has 104 valence electrons. The molecule has 0 aliphatic heterocycles. The van der Waals surface area contributed by atoms with Gasteiger partial charge in [0.25, 0.3) is 0 Å². The Bertz CT molecular complexity index is 804. The van der Waals surface area contributed by atoms with Gasteiger partial charge in [0.1, 0.15) is 23.5 Å². The Balaban J connectivity index is 2.07. The molecule has 3 rings (SSSR count). The number of carbonyl (C=O) groups is 2. The summed E-state index contributed by atoms with van der Waals surface area (Å²) in [5.74, 6) is -1.45. The van der Waals surface area contributed by atoms with E-state index in [0.717, 1.165) is 0 Å². The van der Waals surface area contributed by atoms with E-state index in [-0.39, 0.29) is 27.1 Å². The van der Waals surface area contributed by atoms with Crippen molar-refractivity contribution >= 4 is 33.2 Å². The Labute approximate surface area is 127 Å². The standard InChI is InChI=1S/C14H7BrFN3O2/c15-10-12(19-9-4-2-1-3-8(9)16)13(20)7-5-17-6-18-11(7)14(10)21/h1-6,19H. The first kappa shape index (κ1) is 13.6. The second kappa shape index (κ2) is 5.17. The van der Waals surface area contributed by atoms with Crippen LogP contribution in [0.4, 0.5) is 10.1 Å². The summed E-state index contributed by atoms with van der Waals surface area (Å²) in [6, 6.07) is 5.87. The number of rotatable bonds is 2. The molecule has 5 nitrogen and oxygen atoms in total. The fourth-order valence-electron chi connectivity index (χ4n) is 1.94. The monoisotopic (exact) mass is 347 g/mol. The molecular formula is C14H7BrFN3O2. The van der Waals surface area contributed by atoms with Crippen LogP contribution in [0.1, 0.15) is 20.8 Å². The van der Waals surface area contributed by atoms with E-state index in [2.05, 4.69) is 31.2 Å². The molecule has 0 radical (unpaired) electrons. The topological polar surface area (TPSA) is 72.0 Å². The molecule has 0 saturated carbocycles. The molecule has 1 N–H and O–H groups in total. The van der Waals surface area contributed by atoms with E-state index < -0.39 is 17.4 Å². The Hall–Kier alpha value is -2.41. The third kappa shape index (κ3) is 2.25. The summed E-state index contributed by atoms with van der Waals surface area (Å²) in [5, 5.41) is 2.65. The average molecular weight is 348 g/mol. The number of aromatic nitrogens is 2. The highest BCUT2D eigenvalue weighted by Gasteiger charge is 2.32. The summed E-state index contributed by atoms with van der Waals surface area (Å²) in [5.41, 5.74) is 0.184. The fraction of sp³-hybridized carbons (Fsp3) is 0.